The Balaban J connectivity index is 1.92. The zero-order chi connectivity index (χ0) is 23.3. The van der Waals surface area contributed by atoms with Crippen molar-refractivity contribution in [1.29, 1.82) is 0 Å². The van der Waals surface area contributed by atoms with Crippen LogP contribution < -0.4 is 14.8 Å². The highest BCUT2D eigenvalue weighted by Gasteiger charge is 2.35. The fourth-order valence-corrected chi connectivity index (χ4v) is 3.61. The molecular formula is C24H30N4O4. The standard InChI is InChI=1S/C24H30N4O4/c1-16(2)25-24(30)27(3)15-23(29)28-21(19-11-6-7-12-22(19)32-5)14-20(26-28)17-9-8-10-18(13-17)31-4/h6-13,16,21H,14-15H2,1-5H3,(H,25,30)/t21-/m1/s1. The molecule has 1 aliphatic rings. The highest BCUT2D eigenvalue weighted by atomic mass is 16.5. The summed E-state index contributed by atoms with van der Waals surface area (Å²) < 4.78 is 10.9. The van der Waals surface area contributed by atoms with Gasteiger partial charge in [0.1, 0.15) is 18.0 Å². The van der Waals surface area contributed by atoms with Crippen molar-refractivity contribution in [2.24, 2.45) is 5.10 Å². The van der Waals surface area contributed by atoms with Crippen molar-refractivity contribution >= 4 is 17.6 Å². The maximum absolute atomic E-state index is 13.3. The third-order valence-electron chi connectivity index (χ3n) is 5.20. The van der Waals surface area contributed by atoms with Crippen LogP contribution in [0, 0.1) is 0 Å². The van der Waals surface area contributed by atoms with Gasteiger partial charge in [-0.2, -0.15) is 5.10 Å². The van der Waals surface area contributed by atoms with Crippen LogP contribution in [0.5, 0.6) is 11.5 Å². The number of rotatable bonds is 7. The van der Waals surface area contributed by atoms with Crippen molar-refractivity contribution in [2.45, 2.75) is 32.4 Å². The van der Waals surface area contributed by atoms with E-state index in [1.165, 1.54) is 9.91 Å². The van der Waals surface area contributed by atoms with Gasteiger partial charge >= 0.3 is 6.03 Å². The Hall–Kier alpha value is -3.55. The van der Waals surface area contributed by atoms with Crippen LogP contribution in [0.15, 0.2) is 53.6 Å². The van der Waals surface area contributed by atoms with E-state index in [0.29, 0.717) is 17.9 Å². The molecule has 0 fully saturated rings. The van der Waals surface area contributed by atoms with Gasteiger partial charge in [-0.15, -0.1) is 0 Å². The normalized spacial score (nSPS) is 15.4. The number of amides is 3. The summed E-state index contributed by atoms with van der Waals surface area (Å²) in [5.41, 5.74) is 2.51. The van der Waals surface area contributed by atoms with Crippen molar-refractivity contribution in [3.8, 4) is 11.5 Å². The molecule has 0 unspecified atom stereocenters. The number of hydrazone groups is 1. The first-order valence-corrected chi connectivity index (χ1v) is 10.5. The Morgan fingerprint density at radius 3 is 2.59 bits per heavy atom. The molecule has 1 heterocycles. The van der Waals surface area contributed by atoms with Crippen molar-refractivity contribution < 1.29 is 19.1 Å². The number of hydrogen-bond donors (Lipinski definition) is 1. The summed E-state index contributed by atoms with van der Waals surface area (Å²) in [6.07, 6.45) is 0.515. The minimum absolute atomic E-state index is 0.0224. The minimum atomic E-state index is -0.346. The molecule has 0 bridgehead atoms. The summed E-state index contributed by atoms with van der Waals surface area (Å²) in [5.74, 6) is 1.12. The van der Waals surface area contributed by atoms with Crippen LogP contribution in [-0.2, 0) is 4.79 Å². The summed E-state index contributed by atoms with van der Waals surface area (Å²) in [5, 5.41) is 8.93. The van der Waals surface area contributed by atoms with E-state index in [9.17, 15) is 9.59 Å². The molecular weight excluding hydrogens is 408 g/mol. The molecule has 0 aromatic heterocycles. The van der Waals surface area contributed by atoms with Crippen LogP contribution in [0.25, 0.3) is 0 Å². The van der Waals surface area contributed by atoms with E-state index in [4.69, 9.17) is 9.47 Å². The van der Waals surface area contributed by atoms with E-state index < -0.39 is 0 Å². The fourth-order valence-electron chi connectivity index (χ4n) is 3.61. The molecule has 0 saturated carbocycles. The molecule has 170 valence electrons. The summed E-state index contributed by atoms with van der Waals surface area (Å²) in [6, 6.07) is 14.5. The Morgan fingerprint density at radius 1 is 1.16 bits per heavy atom. The molecule has 1 aliphatic heterocycles. The van der Waals surface area contributed by atoms with Gasteiger partial charge in [0.05, 0.1) is 26.0 Å². The first-order chi connectivity index (χ1) is 15.3. The van der Waals surface area contributed by atoms with Gasteiger partial charge in [-0.25, -0.2) is 9.80 Å². The van der Waals surface area contributed by atoms with E-state index in [1.807, 2.05) is 62.4 Å². The van der Waals surface area contributed by atoms with Gasteiger partial charge in [-0.1, -0.05) is 30.3 Å². The van der Waals surface area contributed by atoms with Crippen LogP contribution in [0.2, 0.25) is 0 Å². The third kappa shape index (κ3) is 5.19. The van der Waals surface area contributed by atoms with Gasteiger partial charge in [0.2, 0.25) is 0 Å². The predicted octanol–water partition coefficient (Wildman–Crippen LogP) is 3.43. The van der Waals surface area contributed by atoms with Crippen molar-refractivity contribution in [1.82, 2.24) is 15.2 Å². The molecule has 2 aromatic carbocycles. The van der Waals surface area contributed by atoms with Gasteiger partial charge in [-0.05, 0) is 32.0 Å². The lowest BCUT2D eigenvalue weighted by Crippen LogP contribution is -2.45. The predicted molar refractivity (Wildman–Crippen MR) is 123 cm³/mol. The number of carbonyl (C=O) groups excluding carboxylic acids is 2. The Morgan fingerprint density at radius 2 is 1.91 bits per heavy atom. The highest BCUT2D eigenvalue weighted by molar-refractivity contribution is 6.03. The van der Waals surface area contributed by atoms with Crippen LogP contribution in [0.3, 0.4) is 0 Å². The number of methoxy groups -OCH3 is 2. The first kappa shape index (κ1) is 23.1. The molecule has 1 N–H and O–H groups in total. The number of nitrogens with zero attached hydrogens (tertiary/aromatic N) is 3. The fraction of sp³-hybridized carbons (Fsp3) is 0.375. The monoisotopic (exact) mass is 438 g/mol. The summed E-state index contributed by atoms with van der Waals surface area (Å²) in [6.45, 7) is 3.64. The number of carbonyl (C=O) groups is 2. The van der Waals surface area contributed by atoms with E-state index in [0.717, 1.165) is 16.8 Å². The lowest BCUT2D eigenvalue weighted by Gasteiger charge is -2.26. The van der Waals surface area contributed by atoms with Crippen LogP contribution >= 0.6 is 0 Å². The highest BCUT2D eigenvalue weighted by Crippen LogP contribution is 2.37. The average Bonchev–Trinajstić information content (AvgIpc) is 3.24. The molecule has 0 saturated heterocycles. The molecule has 3 rings (SSSR count). The molecule has 8 heteroatoms. The van der Waals surface area contributed by atoms with Crippen molar-refractivity contribution in [3.63, 3.8) is 0 Å². The number of urea groups is 1. The Labute approximate surface area is 188 Å². The summed E-state index contributed by atoms with van der Waals surface area (Å²) >= 11 is 0. The van der Waals surface area contributed by atoms with E-state index >= 15 is 0 Å². The molecule has 32 heavy (non-hydrogen) atoms. The average molecular weight is 439 g/mol. The van der Waals surface area contributed by atoms with Gasteiger partial charge in [0.25, 0.3) is 5.91 Å². The SMILES string of the molecule is COc1cccc(C2=NN(C(=O)CN(C)C(=O)NC(C)C)[C@@H](c3ccccc3OC)C2)c1. The van der Waals surface area contributed by atoms with E-state index in [-0.39, 0.29) is 30.6 Å². The number of likely N-dealkylation sites (N-methyl/N-ethyl adjacent to an activating group) is 1. The maximum Gasteiger partial charge on any atom is 0.317 e. The molecule has 0 aliphatic carbocycles. The number of benzene rings is 2. The molecule has 3 amide bonds. The molecule has 0 radical (unpaired) electrons. The second kappa shape index (κ2) is 10.2. The van der Waals surface area contributed by atoms with E-state index in [1.54, 1.807) is 21.3 Å². The second-order valence-electron chi connectivity index (χ2n) is 7.94. The molecule has 0 spiro atoms. The summed E-state index contributed by atoms with van der Waals surface area (Å²) in [4.78, 5) is 26.9. The Kier molecular flexibility index (Phi) is 7.35. The smallest absolute Gasteiger partial charge is 0.317 e. The largest absolute Gasteiger partial charge is 0.497 e. The number of hydrogen-bond acceptors (Lipinski definition) is 5. The van der Waals surface area contributed by atoms with Crippen LogP contribution in [-0.4, -0.2) is 61.4 Å². The first-order valence-electron chi connectivity index (χ1n) is 10.5. The lowest BCUT2D eigenvalue weighted by atomic mass is 9.97. The van der Waals surface area contributed by atoms with Crippen LogP contribution in [0.4, 0.5) is 4.79 Å². The Bertz CT molecular complexity index is 1000. The minimum Gasteiger partial charge on any atom is -0.497 e. The number of para-hydroxylation sites is 1. The van der Waals surface area contributed by atoms with Gasteiger partial charge in [0.15, 0.2) is 0 Å². The number of nitrogens with one attached hydrogen (secondary N) is 1. The second-order valence-corrected chi connectivity index (χ2v) is 7.94. The van der Waals surface area contributed by atoms with E-state index in [2.05, 4.69) is 10.4 Å². The quantitative estimate of drug-likeness (QED) is 0.718. The molecule has 8 nitrogen and oxygen atoms in total. The topological polar surface area (TPSA) is 83.5 Å². The lowest BCUT2D eigenvalue weighted by molar-refractivity contribution is -0.133. The van der Waals surface area contributed by atoms with Crippen molar-refractivity contribution in [2.75, 3.05) is 27.8 Å². The zero-order valence-electron chi connectivity index (χ0n) is 19.2. The van der Waals surface area contributed by atoms with Crippen molar-refractivity contribution in [3.05, 3.63) is 59.7 Å². The molecule has 1 atom stereocenters. The van der Waals surface area contributed by atoms with Gasteiger partial charge in [0, 0.05) is 30.6 Å². The third-order valence-corrected chi connectivity index (χ3v) is 5.20. The maximum atomic E-state index is 13.3. The number of ether oxygens (including phenoxy) is 2. The zero-order valence-corrected chi connectivity index (χ0v) is 19.2. The summed E-state index contributed by atoms with van der Waals surface area (Å²) in [7, 11) is 4.81. The molecule has 2 aromatic rings. The van der Waals surface area contributed by atoms with Gasteiger partial charge < -0.3 is 19.7 Å². The van der Waals surface area contributed by atoms with Gasteiger partial charge in [-0.3, -0.25) is 4.79 Å². The van der Waals surface area contributed by atoms with Crippen LogP contribution in [0.1, 0.15) is 37.4 Å².